The number of rotatable bonds is 6. The molecule has 0 aliphatic heterocycles. The van der Waals surface area contributed by atoms with Crippen LogP contribution in [0.1, 0.15) is 35.4 Å². The second-order valence-corrected chi connectivity index (χ2v) is 6.60. The first-order chi connectivity index (χ1) is 12.5. The Hall–Kier alpha value is -2.95. The summed E-state index contributed by atoms with van der Waals surface area (Å²) in [5.41, 5.74) is 5.20. The number of nitrogens with one attached hydrogen (secondary N) is 1. The van der Waals surface area contributed by atoms with Crippen molar-refractivity contribution in [2.45, 2.75) is 40.0 Å². The number of anilines is 1. The van der Waals surface area contributed by atoms with E-state index in [1.54, 1.807) is 0 Å². The fourth-order valence-electron chi connectivity index (χ4n) is 2.82. The highest BCUT2D eigenvalue weighted by Gasteiger charge is 2.10. The first kappa shape index (κ1) is 17.9. The molecule has 3 rings (SSSR count). The largest absolute Gasteiger partial charge is 0.339 e. The molecule has 0 aliphatic carbocycles. The van der Waals surface area contributed by atoms with E-state index in [9.17, 15) is 4.79 Å². The molecule has 1 amide bonds. The SMILES string of the molecule is Cc1cccc(-c2noc(CCCC(=O)Nc3ccc(C)cc3C)n2)c1. The van der Waals surface area contributed by atoms with Crippen molar-refractivity contribution in [3.8, 4) is 11.4 Å². The number of carbonyl (C=O) groups excluding carboxylic acids is 1. The quantitative estimate of drug-likeness (QED) is 0.705. The molecule has 1 heterocycles. The summed E-state index contributed by atoms with van der Waals surface area (Å²) in [5.74, 6) is 1.14. The van der Waals surface area contributed by atoms with E-state index in [4.69, 9.17) is 4.52 Å². The number of aromatic nitrogens is 2. The van der Waals surface area contributed by atoms with Crippen molar-refractivity contribution in [3.63, 3.8) is 0 Å². The van der Waals surface area contributed by atoms with Gasteiger partial charge in [-0.2, -0.15) is 4.98 Å². The second-order valence-electron chi connectivity index (χ2n) is 6.60. The van der Waals surface area contributed by atoms with Crippen LogP contribution in [-0.2, 0) is 11.2 Å². The van der Waals surface area contributed by atoms with Gasteiger partial charge in [0.25, 0.3) is 0 Å². The van der Waals surface area contributed by atoms with E-state index in [1.165, 1.54) is 5.56 Å². The van der Waals surface area contributed by atoms with Crippen LogP contribution in [0.5, 0.6) is 0 Å². The van der Waals surface area contributed by atoms with Crippen LogP contribution in [-0.4, -0.2) is 16.0 Å². The van der Waals surface area contributed by atoms with Gasteiger partial charge in [0.2, 0.25) is 17.6 Å². The van der Waals surface area contributed by atoms with Gasteiger partial charge in [0.05, 0.1) is 0 Å². The van der Waals surface area contributed by atoms with Gasteiger partial charge in [-0.15, -0.1) is 0 Å². The van der Waals surface area contributed by atoms with Crippen molar-refractivity contribution in [1.82, 2.24) is 10.1 Å². The summed E-state index contributed by atoms with van der Waals surface area (Å²) in [7, 11) is 0. The molecule has 26 heavy (non-hydrogen) atoms. The third kappa shape index (κ3) is 4.57. The van der Waals surface area contributed by atoms with Crippen molar-refractivity contribution in [3.05, 3.63) is 65.0 Å². The van der Waals surface area contributed by atoms with Crippen LogP contribution in [0.25, 0.3) is 11.4 Å². The number of hydrogen-bond donors (Lipinski definition) is 1. The van der Waals surface area contributed by atoms with E-state index in [1.807, 2.05) is 57.2 Å². The van der Waals surface area contributed by atoms with Gasteiger partial charge in [0.15, 0.2) is 0 Å². The third-order valence-electron chi connectivity index (χ3n) is 4.19. The average molecular weight is 349 g/mol. The van der Waals surface area contributed by atoms with Gasteiger partial charge in [-0.25, -0.2) is 0 Å². The Morgan fingerprint density at radius 3 is 2.65 bits per heavy atom. The van der Waals surface area contributed by atoms with Gasteiger partial charge in [-0.1, -0.05) is 46.6 Å². The van der Waals surface area contributed by atoms with Gasteiger partial charge in [-0.3, -0.25) is 4.79 Å². The van der Waals surface area contributed by atoms with Crippen LogP contribution in [0.2, 0.25) is 0 Å². The maximum absolute atomic E-state index is 12.1. The number of aryl methyl sites for hydroxylation is 4. The predicted molar refractivity (Wildman–Crippen MR) is 102 cm³/mol. The summed E-state index contributed by atoms with van der Waals surface area (Å²) in [6, 6.07) is 14.0. The normalized spacial score (nSPS) is 10.7. The standard InChI is InChI=1S/C21H23N3O2/c1-14-6-4-7-17(13-14)21-23-20(26-24-21)9-5-8-19(25)22-18-11-10-15(2)12-16(18)3/h4,6-7,10-13H,5,8-9H2,1-3H3,(H,22,25). The molecule has 0 unspecified atom stereocenters. The number of benzene rings is 2. The smallest absolute Gasteiger partial charge is 0.226 e. The molecule has 5 nitrogen and oxygen atoms in total. The van der Waals surface area contributed by atoms with Crippen LogP contribution in [0.15, 0.2) is 47.0 Å². The zero-order chi connectivity index (χ0) is 18.5. The molecule has 0 radical (unpaired) electrons. The lowest BCUT2D eigenvalue weighted by Crippen LogP contribution is -2.12. The molecule has 1 N–H and O–H groups in total. The molecule has 0 atom stereocenters. The van der Waals surface area contributed by atoms with Gasteiger partial charge in [-0.05, 0) is 44.9 Å². The van der Waals surface area contributed by atoms with Crippen LogP contribution in [0, 0.1) is 20.8 Å². The van der Waals surface area contributed by atoms with Crippen molar-refractivity contribution >= 4 is 11.6 Å². The Bertz CT molecular complexity index is 915. The fourth-order valence-corrected chi connectivity index (χ4v) is 2.82. The molecule has 134 valence electrons. The summed E-state index contributed by atoms with van der Waals surface area (Å²) in [6.07, 6.45) is 1.65. The highest BCUT2D eigenvalue weighted by atomic mass is 16.5. The van der Waals surface area contributed by atoms with E-state index >= 15 is 0 Å². The van der Waals surface area contributed by atoms with E-state index in [0.29, 0.717) is 31.0 Å². The van der Waals surface area contributed by atoms with Crippen molar-refractivity contribution in [2.24, 2.45) is 0 Å². The molecule has 0 aliphatic rings. The van der Waals surface area contributed by atoms with Gasteiger partial charge in [0, 0.05) is 24.1 Å². The average Bonchev–Trinajstić information content (AvgIpc) is 3.06. The molecule has 5 heteroatoms. The van der Waals surface area contributed by atoms with Crippen molar-refractivity contribution in [1.29, 1.82) is 0 Å². The van der Waals surface area contributed by atoms with Gasteiger partial charge in [0.1, 0.15) is 0 Å². The second kappa shape index (κ2) is 7.95. The minimum Gasteiger partial charge on any atom is -0.339 e. The molecule has 0 bridgehead atoms. The first-order valence-corrected chi connectivity index (χ1v) is 8.78. The summed E-state index contributed by atoms with van der Waals surface area (Å²) in [5, 5.41) is 6.98. The molecular weight excluding hydrogens is 326 g/mol. The lowest BCUT2D eigenvalue weighted by atomic mass is 10.1. The molecule has 3 aromatic rings. The summed E-state index contributed by atoms with van der Waals surface area (Å²) >= 11 is 0. The Kier molecular flexibility index (Phi) is 5.46. The zero-order valence-corrected chi connectivity index (χ0v) is 15.4. The van der Waals surface area contributed by atoms with E-state index < -0.39 is 0 Å². The summed E-state index contributed by atoms with van der Waals surface area (Å²) < 4.78 is 5.30. The molecule has 2 aromatic carbocycles. The fraction of sp³-hybridized carbons (Fsp3) is 0.286. The van der Waals surface area contributed by atoms with E-state index in [2.05, 4.69) is 21.5 Å². The maximum atomic E-state index is 12.1. The first-order valence-electron chi connectivity index (χ1n) is 8.78. The lowest BCUT2D eigenvalue weighted by molar-refractivity contribution is -0.116. The highest BCUT2D eigenvalue weighted by molar-refractivity contribution is 5.91. The number of hydrogen-bond acceptors (Lipinski definition) is 4. The van der Waals surface area contributed by atoms with Gasteiger partial charge < -0.3 is 9.84 Å². The minimum absolute atomic E-state index is 0.00428. The molecule has 1 aromatic heterocycles. The Morgan fingerprint density at radius 2 is 1.88 bits per heavy atom. The van der Waals surface area contributed by atoms with Crippen LogP contribution in [0.4, 0.5) is 5.69 Å². The highest BCUT2D eigenvalue weighted by Crippen LogP contribution is 2.18. The summed E-state index contributed by atoms with van der Waals surface area (Å²) in [4.78, 5) is 16.5. The van der Waals surface area contributed by atoms with E-state index in [-0.39, 0.29) is 5.91 Å². The Morgan fingerprint density at radius 1 is 1.08 bits per heavy atom. The molecular formula is C21H23N3O2. The summed E-state index contributed by atoms with van der Waals surface area (Å²) in [6.45, 7) is 6.06. The van der Waals surface area contributed by atoms with E-state index in [0.717, 1.165) is 22.4 Å². The van der Waals surface area contributed by atoms with Crippen molar-refractivity contribution in [2.75, 3.05) is 5.32 Å². The molecule has 0 saturated carbocycles. The van der Waals surface area contributed by atoms with Crippen LogP contribution >= 0.6 is 0 Å². The van der Waals surface area contributed by atoms with Crippen LogP contribution < -0.4 is 5.32 Å². The monoisotopic (exact) mass is 349 g/mol. The minimum atomic E-state index is -0.00428. The topological polar surface area (TPSA) is 68.0 Å². The number of nitrogens with zero attached hydrogens (tertiary/aromatic N) is 2. The lowest BCUT2D eigenvalue weighted by Gasteiger charge is -2.08. The number of amides is 1. The van der Waals surface area contributed by atoms with Gasteiger partial charge >= 0.3 is 0 Å². The molecule has 0 spiro atoms. The third-order valence-corrected chi connectivity index (χ3v) is 4.19. The zero-order valence-electron chi connectivity index (χ0n) is 15.4. The molecule has 0 saturated heterocycles. The maximum Gasteiger partial charge on any atom is 0.226 e. The Labute approximate surface area is 153 Å². The van der Waals surface area contributed by atoms with Crippen molar-refractivity contribution < 1.29 is 9.32 Å². The molecule has 0 fully saturated rings. The number of carbonyl (C=O) groups is 1. The Balaban J connectivity index is 1.51. The predicted octanol–water partition coefficient (Wildman–Crippen LogP) is 4.62. The van der Waals surface area contributed by atoms with Crippen LogP contribution in [0.3, 0.4) is 0 Å².